The maximum absolute atomic E-state index is 12.9. The first-order valence-corrected chi connectivity index (χ1v) is 7.84. The molecule has 0 bridgehead atoms. The highest BCUT2D eigenvalue weighted by Gasteiger charge is 2.31. The van der Waals surface area contributed by atoms with Gasteiger partial charge in [-0.05, 0) is 30.3 Å². The number of benzene rings is 2. The van der Waals surface area contributed by atoms with Crippen LogP contribution in [0.2, 0.25) is 5.02 Å². The summed E-state index contributed by atoms with van der Waals surface area (Å²) in [4.78, 5) is 12.3. The second-order valence-corrected chi connectivity index (χ2v) is 5.76. The van der Waals surface area contributed by atoms with Gasteiger partial charge in [-0.15, -0.1) is 0 Å². The summed E-state index contributed by atoms with van der Waals surface area (Å²) in [5, 5.41) is 11.1. The molecule has 135 valence electrons. The molecule has 0 fully saturated rings. The van der Waals surface area contributed by atoms with Crippen LogP contribution >= 0.6 is 11.6 Å². The van der Waals surface area contributed by atoms with Crippen LogP contribution < -0.4 is 10.2 Å². The summed E-state index contributed by atoms with van der Waals surface area (Å²) in [7, 11) is 0. The van der Waals surface area contributed by atoms with E-state index in [2.05, 4.69) is 0 Å². The number of fused-ring (bicyclic) bond motifs is 1. The molecule has 1 heterocycles. The molecule has 0 aliphatic heterocycles. The molecular weight excluding hydrogens is 373 g/mol. The summed E-state index contributed by atoms with van der Waals surface area (Å²) >= 11 is 6.04. The Balaban J connectivity index is 2.21. The van der Waals surface area contributed by atoms with E-state index in [9.17, 15) is 23.1 Å². The van der Waals surface area contributed by atoms with E-state index in [4.69, 9.17) is 20.8 Å². The monoisotopic (exact) mass is 383 g/mol. The van der Waals surface area contributed by atoms with Crippen LogP contribution in [-0.2, 0) is 11.3 Å². The van der Waals surface area contributed by atoms with Crippen molar-refractivity contribution in [1.82, 2.24) is 0 Å². The van der Waals surface area contributed by atoms with Crippen LogP contribution in [-0.4, -0.2) is 13.2 Å². The quantitative estimate of drug-likeness (QED) is 0.641. The third kappa shape index (κ3) is 3.54. The molecule has 0 atom stereocenters. The third-order valence-corrected chi connectivity index (χ3v) is 3.92. The second-order valence-electron chi connectivity index (χ2n) is 5.35. The highest BCUT2D eigenvalue weighted by Crippen LogP contribution is 2.38. The van der Waals surface area contributed by atoms with Crippen molar-refractivity contribution in [2.75, 3.05) is 13.2 Å². The average molecular weight is 384 g/mol. The first-order chi connectivity index (χ1) is 12.3. The number of para-hydroxylation sites is 1. The summed E-state index contributed by atoms with van der Waals surface area (Å²) in [6.45, 7) is -0.962. The minimum absolute atomic E-state index is 0.00905. The zero-order valence-corrected chi connectivity index (χ0v) is 13.9. The Morgan fingerprint density at radius 2 is 1.88 bits per heavy atom. The molecular formula is C18H11ClF3O4. The van der Waals surface area contributed by atoms with Gasteiger partial charge in [0.2, 0.25) is 0 Å². The average Bonchev–Trinajstić information content (AvgIpc) is 2.59. The predicted octanol–water partition coefficient (Wildman–Crippen LogP) is 4.94. The maximum atomic E-state index is 12.9. The topological polar surface area (TPSA) is 59.3 Å². The van der Waals surface area contributed by atoms with Gasteiger partial charge in [-0.3, -0.25) is 4.79 Å². The van der Waals surface area contributed by atoms with Crippen molar-refractivity contribution in [1.29, 1.82) is 0 Å². The fourth-order valence-corrected chi connectivity index (χ4v) is 2.66. The Hall–Kier alpha value is -2.51. The van der Waals surface area contributed by atoms with Gasteiger partial charge in [-0.25, -0.2) is 5.11 Å². The number of hydrogen-bond acceptors (Lipinski definition) is 3. The maximum Gasteiger partial charge on any atom is 0.416 e. The molecule has 4 nitrogen and oxygen atoms in total. The van der Waals surface area contributed by atoms with Gasteiger partial charge in [0, 0.05) is 6.07 Å². The normalized spacial score (nSPS) is 11.7. The molecule has 0 N–H and O–H groups in total. The van der Waals surface area contributed by atoms with E-state index in [1.165, 1.54) is 12.1 Å². The highest BCUT2D eigenvalue weighted by atomic mass is 35.5. The lowest BCUT2D eigenvalue weighted by Crippen LogP contribution is -2.08. The van der Waals surface area contributed by atoms with Gasteiger partial charge in [0.15, 0.2) is 11.0 Å². The van der Waals surface area contributed by atoms with Crippen molar-refractivity contribution in [2.24, 2.45) is 0 Å². The Bertz CT molecular complexity index is 1010. The third-order valence-electron chi connectivity index (χ3n) is 3.62. The second kappa shape index (κ2) is 7.01. The smallest absolute Gasteiger partial charge is 0.416 e. The van der Waals surface area contributed by atoms with Gasteiger partial charge in [0.25, 0.3) is 0 Å². The van der Waals surface area contributed by atoms with Crippen molar-refractivity contribution in [2.45, 2.75) is 6.18 Å². The molecule has 8 heteroatoms. The van der Waals surface area contributed by atoms with Crippen LogP contribution in [0.1, 0.15) is 5.56 Å². The standard InChI is InChI=1S/C18H11ClF3O4/c19-13-3-1-2-11-14(24)9-16(26-17(11)13)12-5-4-10(18(20,21)22)8-15(12)25-7-6-23/h1-5,8-9H,6-7H2. The van der Waals surface area contributed by atoms with E-state index in [-0.39, 0.29) is 39.7 Å². The molecule has 0 aliphatic carbocycles. The van der Waals surface area contributed by atoms with E-state index in [0.29, 0.717) is 0 Å². The van der Waals surface area contributed by atoms with Crippen LogP contribution in [0.5, 0.6) is 5.75 Å². The van der Waals surface area contributed by atoms with E-state index < -0.39 is 23.8 Å². The summed E-state index contributed by atoms with van der Waals surface area (Å²) in [5.74, 6) is -0.213. The van der Waals surface area contributed by atoms with Gasteiger partial charge < -0.3 is 9.15 Å². The van der Waals surface area contributed by atoms with Crippen LogP contribution in [0.4, 0.5) is 13.2 Å². The Labute approximate surface area is 150 Å². The fraction of sp³-hybridized carbons (Fsp3) is 0.167. The molecule has 3 rings (SSSR count). The van der Waals surface area contributed by atoms with Gasteiger partial charge in [0.1, 0.15) is 24.7 Å². The molecule has 3 aromatic rings. The van der Waals surface area contributed by atoms with Crippen molar-refractivity contribution >= 4 is 22.6 Å². The van der Waals surface area contributed by atoms with Gasteiger partial charge in [-0.1, -0.05) is 17.7 Å². The molecule has 1 aromatic heterocycles. The molecule has 0 saturated heterocycles. The lowest BCUT2D eigenvalue weighted by atomic mass is 10.1. The molecule has 1 radical (unpaired) electrons. The number of hydrogen-bond donors (Lipinski definition) is 0. The van der Waals surface area contributed by atoms with Gasteiger partial charge in [-0.2, -0.15) is 13.2 Å². The van der Waals surface area contributed by atoms with E-state index in [1.54, 1.807) is 6.07 Å². The molecule has 0 unspecified atom stereocenters. The number of rotatable bonds is 4. The summed E-state index contributed by atoms with van der Waals surface area (Å²) in [6, 6.07) is 8.52. The zero-order chi connectivity index (χ0) is 18.9. The highest BCUT2D eigenvalue weighted by molar-refractivity contribution is 6.34. The Morgan fingerprint density at radius 3 is 2.58 bits per heavy atom. The predicted molar refractivity (Wildman–Crippen MR) is 89.0 cm³/mol. The zero-order valence-electron chi connectivity index (χ0n) is 13.1. The van der Waals surface area contributed by atoms with Crippen molar-refractivity contribution in [3.8, 4) is 17.1 Å². The van der Waals surface area contributed by atoms with Crippen LogP contribution in [0, 0.1) is 0 Å². The fourth-order valence-electron chi connectivity index (χ4n) is 2.45. The van der Waals surface area contributed by atoms with Gasteiger partial charge in [0.05, 0.1) is 21.5 Å². The van der Waals surface area contributed by atoms with Gasteiger partial charge >= 0.3 is 6.18 Å². The van der Waals surface area contributed by atoms with Crippen LogP contribution in [0.25, 0.3) is 22.3 Å². The molecule has 0 spiro atoms. The number of halogens is 4. The SMILES string of the molecule is [O]CCOc1cc(C(F)(F)F)ccc1-c1cc(=O)c2cccc(Cl)c2o1. The molecule has 26 heavy (non-hydrogen) atoms. The van der Waals surface area contributed by atoms with Crippen molar-refractivity contribution in [3.05, 3.63) is 63.3 Å². The molecule has 2 aromatic carbocycles. The molecule has 0 amide bonds. The van der Waals surface area contributed by atoms with Crippen molar-refractivity contribution < 1.29 is 27.4 Å². The summed E-state index contributed by atoms with van der Waals surface area (Å²) < 4.78 is 49.6. The summed E-state index contributed by atoms with van der Waals surface area (Å²) in [6.07, 6.45) is -4.58. The Morgan fingerprint density at radius 1 is 1.12 bits per heavy atom. The van der Waals surface area contributed by atoms with Crippen LogP contribution in [0.3, 0.4) is 0 Å². The first kappa shape index (κ1) is 18.3. The number of alkyl halides is 3. The molecule has 0 saturated carbocycles. The minimum Gasteiger partial charge on any atom is -0.490 e. The lowest BCUT2D eigenvalue weighted by molar-refractivity contribution is -0.137. The molecule has 0 aliphatic rings. The van der Waals surface area contributed by atoms with Crippen LogP contribution in [0.15, 0.2) is 51.7 Å². The first-order valence-electron chi connectivity index (χ1n) is 7.46. The van der Waals surface area contributed by atoms with E-state index in [0.717, 1.165) is 24.3 Å². The Kier molecular flexibility index (Phi) is 4.93. The van der Waals surface area contributed by atoms with E-state index in [1.807, 2.05) is 0 Å². The van der Waals surface area contributed by atoms with E-state index >= 15 is 0 Å². The van der Waals surface area contributed by atoms with Crippen molar-refractivity contribution in [3.63, 3.8) is 0 Å². The largest absolute Gasteiger partial charge is 0.490 e. The lowest BCUT2D eigenvalue weighted by Gasteiger charge is -2.14. The summed E-state index contributed by atoms with van der Waals surface area (Å²) in [5.41, 5.74) is -1.11. The number of ether oxygens (including phenoxy) is 1. The minimum atomic E-state index is -4.58.